The van der Waals surface area contributed by atoms with E-state index in [1.807, 2.05) is 12.1 Å². The van der Waals surface area contributed by atoms with Crippen LogP contribution in [0.2, 0.25) is 0 Å². The predicted molar refractivity (Wildman–Crippen MR) is 88.0 cm³/mol. The highest BCUT2D eigenvalue weighted by Crippen LogP contribution is 2.17. The van der Waals surface area contributed by atoms with Gasteiger partial charge in [0.25, 0.3) is 0 Å². The molecule has 2 fully saturated rings. The van der Waals surface area contributed by atoms with Crippen LogP contribution in [0.1, 0.15) is 5.56 Å². The third-order valence-electron chi connectivity index (χ3n) is 4.59. The van der Waals surface area contributed by atoms with Gasteiger partial charge in [0.1, 0.15) is 6.10 Å². The van der Waals surface area contributed by atoms with E-state index < -0.39 is 12.2 Å². The van der Waals surface area contributed by atoms with Crippen LogP contribution in [0, 0.1) is 0 Å². The Labute approximate surface area is 141 Å². The maximum atomic E-state index is 12.3. The van der Waals surface area contributed by atoms with Crippen LogP contribution in [0.5, 0.6) is 0 Å². The molecule has 7 nitrogen and oxygen atoms in total. The number of piperazine rings is 1. The summed E-state index contributed by atoms with van der Waals surface area (Å²) < 4.78 is 5.33. The molecule has 2 saturated heterocycles. The normalized spacial score (nSPS) is 29.1. The van der Waals surface area contributed by atoms with Crippen LogP contribution in [0.4, 0.5) is 0 Å². The minimum absolute atomic E-state index is 0.0214. The summed E-state index contributed by atoms with van der Waals surface area (Å²) in [5.41, 5.74) is 0.938. The Bertz CT molecular complexity index is 572. The van der Waals surface area contributed by atoms with E-state index in [1.54, 1.807) is 29.4 Å². The number of nitrogens with zero attached hydrogens (tertiary/aromatic N) is 3. The number of ether oxygens (including phenoxy) is 1. The quantitative estimate of drug-likeness (QED) is 0.716. The van der Waals surface area contributed by atoms with Gasteiger partial charge in [0, 0.05) is 44.6 Å². The van der Waals surface area contributed by atoms with Gasteiger partial charge < -0.3 is 19.8 Å². The summed E-state index contributed by atoms with van der Waals surface area (Å²) in [6, 6.07) is 3.48. The first kappa shape index (κ1) is 17.0. The van der Waals surface area contributed by atoms with Gasteiger partial charge in [-0.05, 0) is 23.8 Å². The predicted octanol–water partition coefficient (Wildman–Crippen LogP) is -0.640. The second-order valence-electron chi connectivity index (χ2n) is 6.14. The number of aliphatic hydroxyl groups excluding tert-OH is 2. The third-order valence-corrected chi connectivity index (χ3v) is 4.59. The lowest BCUT2D eigenvalue weighted by Crippen LogP contribution is -2.60. The molecule has 7 heteroatoms. The number of aliphatic hydroxyl groups is 2. The Morgan fingerprint density at radius 3 is 2.58 bits per heavy atom. The van der Waals surface area contributed by atoms with Crippen LogP contribution in [-0.4, -0.2) is 88.5 Å². The van der Waals surface area contributed by atoms with E-state index in [2.05, 4.69) is 9.88 Å². The number of carbonyl (C=O) groups excluding carboxylic acids is 1. The Balaban J connectivity index is 1.51. The summed E-state index contributed by atoms with van der Waals surface area (Å²) in [5.74, 6) is -0.0214. The molecule has 0 spiro atoms. The first-order chi connectivity index (χ1) is 11.6. The van der Waals surface area contributed by atoms with Crippen LogP contribution in [0.3, 0.4) is 0 Å². The maximum Gasteiger partial charge on any atom is 0.246 e. The van der Waals surface area contributed by atoms with Gasteiger partial charge >= 0.3 is 0 Å². The molecular formula is C17H23N3O4. The van der Waals surface area contributed by atoms with E-state index in [-0.39, 0.29) is 18.6 Å². The molecule has 1 amide bonds. The second-order valence-corrected chi connectivity index (χ2v) is 6.14. The largest absolute Gasteiger partial charge is 0.389 e. The second kappa shape index (κ2) is 7.85. The maximum absolute atomic E-state index is 12.3. The molecule has 0 aliphatic carbocycles. The molecule has 2 aliphatic rings. The zero-order valence-electron chi connectivity index (χ0n) is 13.5. The van der Waals surface area contributed by atoms with E-state index in [9.17, 15) is 15.0 Å². The number of amides is 1. The molecule has 0 unspecified atom stereocenters. The molecule has 3 rings (SSSR count). The van der Waals surface area contributed by atoms with Crippen molar-refractivity contribution >= 4 is 12.0 Å². The van der Waals surface area contributed by atoms with Crippen molar-refractivity contribution in [2.75, 3.05) is 39.4 Å². The van der Waals surface area contributed by atoms with Crippen molar-refractivity contribution in [3.8, 4) is 0 Å². The Morgan fingerprint density at radius 2 is 1.88 bits per heavy atom. The lowest BCUT2D eigenvalue weighted by molar-refractivity contribution is -0.142. The van der Waals surface area contributed by atoms with E-state index in [0.717, 1.165) is 5.56 Å². The molecule has 3 heterocycles. The van der Waals surface area contributed by atoms with Gasteiger partial charge in [-0.3, -0.25) is 14.7 Å². The van der Waals surface area contributed by atoms with Gasteiger partial charge in [-0.15, -0.1) is 0 Å². The van der Waals surface area contributed by atoms with Crippen molar-refractivity contribution in [3.05, 3.63) is 36.2 Å². The fraction of sp³-hybridized carbons (Fsp3) is 0.529. The highest BCUT2D eigenvalue weighted by Gasteiger charge is 2.36. The minimum atomic E-state index is -0.841. The zero-order valence-corrected chi connectivity index (χ0v) is 13.5. The van der Waals surface area contributed by atoms with Crippen molar-refractivity contribution < 1.29 is 19.7 Å². The summed E-state index contributed by atoms with van der Waals surface area (Å²) in [4.78, 5) is 20.1. The smallest absolute Gasteiger partial charge is 0.246 e. The SMILES string of the molecule is O=C(/C=C/c1ccncc1)N1CCN([C@@H]2COC[C@@H](O)[C@H]2O)CC1. The number of pyridine rings is 1. The fourth-order valence-electron chi connectivity index (χ4n) is 3.11. The van der Waals surface area contributed by atoms with Gasteiger partial charge in [-0.25, -0.2) is 0 Å². The average molecular weight is 333 g/mol. The van der Waals surface area contributed by atoms with E-state index in [0.29, 0.717) is 32.8 Å². The van der Waals surface area contributed by atoms with E-state index in [1.165, 1.54) is 0 Å². The van der Waals surface area contributed by atoms with E-state index in [4.69, 9.17) is 4.74 Å². The fourth-order valence-corrected chi connectivity index (χ4v) is 3.11. The summed E-state index contributed by atoms with van der Waals surface area (Å²) in [6.07, 6.45) is 5.10. The molecule has 24 heavy (non-hydrogen) atoms. The molecule has 1 aromatic rings. The molecule has 0 bridgehead atoms. The van der Waals surface area contributed by atoms with Crippen molar-refractivity contribution in [1.82, 2.24) is 14.8 Å². The lowest BCUT2D eigenvalue weighted by Gasteiger charge is -2.43. The van der Waals surface area contributed by atoms with Crippen LogP contribution in [0.25, 0.3) is 6.08 Å². The molecule has 0 saturated carbocycles. The molecule has 130 valence electrons. The van der Waals surface area contributed by atoms with Crippen LogP contribution in [-0.2, 0) is 9.53 Å². The summed E-state index contributed by atoms with van der Waals surface area (Å²) in [5, 5.41) is 19.8. The lowest BCUT2D eigenvalue weighted by atomic mass is 10.0. The third kappa shape index (κ3) is 3.99. The monoisotopic (exact) mass is 333 g/mol. The van der Waals surface area contributed by atoms with Gasteiger partial charge in [0.15, 0.2) is 0 Å². The molecular weight excluding hydrogens is 310 g/mol. The summed E-state index contributed by atoms with van der Waals surface area (Å²) >= 11 is 0. The van der Waals surface area contributed by atoms with Crippen molar-refractivity contribution in [3.63, 3.8) is 0 Å². The van der Waals surface area contributed by atoms with Crippen LogP contribution < -0.4 is 0 Å². The number of carbonyl (C=O) groups is 1. The highest BCUT2D eigenvalue weighted by atomic mass is 16.5. The number of hydrogen-bond donors (Lipinski definition) is 2. The molecule has 1 aromatic heterocycles. The van der Waals surface area contributed by atoms with Gasteiger partial charge in [0.2, 0.25) is 5.91 Å². The van der Waals surface area contributed by atoms with Gasteiger partial charge in [-0.2, -0.15) is 0 Å². The van der Waals surface area contributed by atoms with Crippen LogP contribution in [0.15, 0.2) is 30.6 Å². The Morgan fingerprint density at radius 1 is 1.17 bits per heavy atom. The molecule has 2 aliphatic heterocycles. The topological polar surface area (TPSA) is 86.1 Å². The first-order valence-electron chi connectivity index (χ1n) is 8.20. The molecule has 2 N–H and O–H groups in total. The molecule has 0 aromatic carbocycles. The number of hydrogen-bond acceptors (Lipinski definition) is 6. The average Bonchev–Trinajstić information content (AvgIpc) is 2.63. The minimum Gasteiger partial charge on any atom is -0.389 e. The standard InChI is InChI=1S/C17H23N3O4/c21-15-12-24-11-14(17(15)23)19-7-9-20(10-8-19)16(22)2-1-13-3-5-18-6-4-13/h1-6,14-15,17,21,23H,7-12H2/b2-1+/t14-,15-,17+/m1/s1. The van der Waals surface area contributed by atoms with Crippen LogP contribution >= 0.6 is 0 Å². The first-order valence-corrected chi connectivity index (χ1v) is 8.20. The zero-order chi connectivity index (χ0) is 16.9. The Kier molecular flexibility index (Phi) is 5.57. The van der Waals surface area contributed by atoms with Crippen molar-refractivity contribution in [2.45, 2.75) is 18.2 Å². The molecule has 0 radical (unpaired) electrons. The molecule has 3 atom stereocenters. The summed E-state index contributed by atoms with van der Waals surface area (Å²) in [6.45, 7) is 3.10. The van der Waals surface area contributed by atoms with Gasteiger partial charge in [0.05, 0.1) is 25.4 Å². The van der Waals surface area contributed by atoms with Crippen molar-refractivity contribution in [1.29, 1.82) is 0 Å². The van der Waals surface area contributed by atoms with Gasteiger partial charge in [-0.1, -0.05) is 0 Å². The van der Waals surface area contributed by atoms with Crippen molar-refractivity contribution in [2.24, 2.45) is 0 Å². The summed E-state index contributed by atoms with van der Waals surface area (Å²) in [7, 11) is 0. The number of aromatic nitrogens is 1. The Hall–Kier alpha value is -1.80. The number of rotatable bonds is 3. The van der Waals surface area contributed by atoms with E-state index >= 15 is 0 Å². The highest BCUT2D eigenvalue weighted by molar-refractivity contribution is 5.91.